The van der Waals surface area contributed by atoms with E-state index in [0.29, 0.717) is 30.0 Å². The van der Waals surface area contributed by atoms with Gasteiger partial charge in [-0.15, -0.1) is 0 Å². The number of carbonyl (C=O) groups excluding carboxylic acids is 1. The van der Waals surface area contributed by atoms with Gasteiger partial charge in [0.1, 0.15) is 5.75 Å². The number of nitrogens with one attached hydrogen (secondary N) is 1. The summed E-state index contributed by atoms with van der Waals surface area (Å²) in [6.07, 6.45) is 8.88. The molecule has 1 amide bonds. The minimum absolute atomic E-state index is 0.335. The Morgan fingerprint density at radius 1 is 1.20 bits per heavy atom. The van der Waals surface area contributed by atoms with Crippen LogP contribution in [0.25, 0.3) is 0 Å². The molecule has 1 aromatic rings. The highest BCUT2D eigenvalue weighted by molar-refractivity contribution is 5.77. The maximum absolute atomic E-state index is 13.0. The molecule has 3 fully saturated rings. The normalized spacial score (nSPS) is 31.3. The summed E-state index contributed by atoms with van der Waals surface area (Å²) in [5, 5.41) is 3.68. The summed E-state index contributed by atoms with van der Waals surface area (Å²) in [5.74, 6) is 1.90. The fourth-order valence-corrected chi connectivity index (χ4v) is 5.21. The molecule has 1 N–H and O–H groups in total. The van der Waals surface area contributed by atoms with Crippen molar-refractivity contribution < 1.29 is 9.53 Å². The first-order valence-electron chi connectivity index (χ1n) is 9.90. The van der Waals surface area contributed by atoms with Gasteiger partial charge in [-0.25, -0.2) is 0 Å². The van der Waals surface area contributed by atoms with Crippen LogP contribution in [0.5, 0.6) is 5.75 Å². The molecule has 136 valence electrons. The number of likely N-dealkylation sites (tertiary alicyclic amines) is 1. The van der Waals surface area contributed by atoms with Gasteiger partial charge < -0.3 is 15.0 Å². The van der Waals surface area contributed by atoms with Gasteiger partial charge in [-0.1, -0.05) is 18.2 Å². The number of piperidine rings is 1. The third-order valence-electron chi connectivity index (χ3n) is 6.38. The molecule has 3 saturated heterocycles. The molecule has 3 unspecified atom stereocenters. The number of ether oxygens (including phenoxy) is 1. The quantitative estimate of drug-likeness (QED) is 0.894. The Bertz CT molecular complexity index is 606. The van der Waals surface area contributed by atoms with Gasteiger partial charge in [-0.3, -0.25) is 4.79 Å². The van der Waals surface area contributed by atoms with Gasteiger partial charge in [0, 0.05) is 31.1 Å². The number of rotatable bonds is 5. The highest BCUT2D eigenvalue weighted by Gasteiger charge is 2.36. The van der Waals surface area contributed by atoms with E-state index in [1.165, 1.54) is 31.2 Å². The number of benzene rings is 1. The number of para-hydroxylation sites is 1. The van der Waals surface area contributed by atoms with Crippen LogP contribution in [0, 0.1) is 5.92 Å². The number of hydrogen-bond donors (Lipinski definition) is 1. The molecule has 0 spiro atoms. The van der Waals surface area contributed by atoms with E-state index in [-0.39, 0.29) is 0 Å². The third kappa shape index (κ3) is 3.69. The Morgan fingerprint density at radius 3 is 2.72 bits per heavy atom. The number of nitrogens with zero attached hydrogens (tertiary/aromatic N) is 1. The van der Waals surface area contributed by atoms with E-state index in [9.17, 15) is 4.79 Å². The summed E-state index contributed by atoms with van der Waals surface area (Å²) >= 11 is 0. The largest absolute Gasteiger partial charge is 0.496 e. The second-order valence-corrected chi connectivity index (χ2v) is 8.08. The summed E-state index contributed by atoms with van der Waals surface area (Å²) in [6, 6.07) is 9.88. The van der Waals surface area contributed by atoms with Gasteiger partial charge in [-0.2, -0.15) is 0 Å². The first-order valence-corrected chi connectivity index (χ1v) is 9.90. The van der Waals surface area contributed by atoms with Gasteiger partial charge in [-0.05, 0) is 62.5 Å². The Labute approximate surface area is 150 Å². The third-order valence-corrected chi connectivity index (χ3v) is 6.38. The van der Waals surface area contributed by atoms with E-state index in [4.69, 9.17) is 4.74 Å². The fraction of sp³-hybridized carbons (Fsp3) is 0.667. The molecule has 3 atom stereocenters. The van der Waals surface area contributed by atoms with Crippen molar-refractivity contribution in [2.45, 2.75) is 69.5 Å². The summed E-state index contributed by atoms with van der Waals surface area (Å²) in [4.78, 5) is 15.1. The average Bonchev–Trinajstić information content (AvgIpc) is 3.21. The molecule has 3 aliphatic rings. The zero-order chi connectivity index (χ0) is 17.2. The van der Waals surface area contributed by atoms with Crippen LogP contribution in [0.1, 0.15) is 50.5 Å². The van der Waals surface area contributed by atoms with Crippen molar-refractivity contribution in [1.82, 2.24) is 10.2 Å². The van der Waals surface area contributed by atoms with Gasteiger partial charge in [0.05, 0.1) is 7.11 Å². The first kappa shape index (κ1) is 16.9. The number of carbonyl (C=O) groups is 1. The molecule has 0 saturated carbocycles. The van der Waals surface area contributed by atoms with Crippen molar-refractivity contribution in [3.63, 3.8) is 0 Å². The molecule has 4 rings (SSSR count). The van der Waals surface area contributed by atoms with E-state index in [1.807, 2.05) is 12.1 Å². The molecule has 1 aromatic carbocycles. The van der Waals surface area contributed by atoms with Crippen LogP contribution < -0.4 is 10.1 Å². The van der Waals surface area contributed by atoms with Gasteiger partial charge in [0.15, 0.2) is 0 Å². The molecule has 4 heteroatoms. The maximum Gasteiger partial charge on any atom is 0.223 e. The maximum atomic E-state index is 13.0. The Hall–Kier alpha value is -1.55. The molecule has 0 radical (unpaired) electrons. The smallest absolute Gasteiger partial charge is 0.223 e. The van der Waals surface area contributed by atoms with Crippen LogP contribution in [-0.4, -0.2) is 42.6 Å². The SMILES string of the molecule is COc1ccccc1CC1CCCN1C(=O)CC1CC2CCC(C1)N2. The van der Waals surface area contributed by atoms with Crippen molar-refractivity contribution in [1.29, 1.82) is 0 Å². The topological polar surface area (TPSA) is 41.6 Å². The average molecular weight is 342 g/mol. The van der Waals surface area contributed by atoms with Crippen LogP contribution in [0.4, 0.5) is 0 Å². The van der Waals surface area contributed by atoms with Crippen LogP contribution >= 0.6 is 0 Å². The minimum atomic E-state index is 0.335. The highest BCUT2D eigenvalue weighted by atomic mass is 16.5. The van der Waals surface area contributed by atoms with Crippen molar-refractivity contribution in [2.24, 2.45) is 5.92 Å². The first-order chi connectivity index (χ1) is 12.2. The van der Waals surface area contributed by atoms with Crippen LogP contribution in [-0.2, 0) is 11.2 Å². The molecule has 3 aliphatic heterocycles. The van der Waals surface area contributed by atoms with Gasteiger partial charge in [0.2, 0.25) is 5.91 Å². The van der Waals surface area contributed by atoms with E-state index in [2.05, 4.69) is 22.3 Å². The lowest BCUT2D eigenvalue weighted by Crippen LogP contribution is -2.42. The van der Waals surface area contributed by atoms with Crippen molar-refractivity contribution in [3.8, 4) is 5.75 Å². The number of hydrogen-bond acceptors (Lipinski definition) is 3. The molecule has 2 bridgehead atoms. The molecule has 4 nitrogen and oxygen atoms in total. The summed E-state index contributed by atoms with van der Waals surface area (Å²) < 4.78 is 5.49. The van der Waals surface area contributed by atoms with Crippen molar-refractivity contribution >= 4 is 5.91 Å². The number of amides is 1. The predicted molar refractivity (Wildman–Crippen MR) is 98.7 cm³/mol. The lowest BCUT2D eigenvalue weighted by atomic mass is 9.89. The Morgan fingerprint density at radius 2 is 1.96 bits per heavy atom. The predicted octanol–water partition coefficient (Wildman–Crippen LogP) is 3.15. The molecule has 3 heterocycles. The number of methoxy groups -OCH3 is 1. The molecule has 25 heavy (non-hydrogen) atoms. The minimum Gasteiger partial charge on any atom is -0.496 e. The summed E-state index contributed by atoms with van der Waals surface area (Å²) in [7, 11) is 1.72. The van der Waals surface area contributed by atoms with Crippen LogP contribution in [0.3, 0.4) is 0 Å². The summed E-state index contributed by atoms with van der Waals surface area (Å²) in [5.41, 5.74) is 1.22. The number of fused-ring (bicyclic) bond motifs is 2. The van der Waals surface area contributed by atoms with E-state index < -0.39 is 0 Å². The lowest BCUT2D eigenvalue weighted by molar-refractivity contribution is -0.133. The van der Waals surface area contributed by atoms with Gasteiger partial charge >= 0.3 is 0 Å². The highest BCUT2D eigenvalue weighted by Crippen LogP contribution is 2.34. The van der Waals surface area contributed by atoms with Crippen molar-refractivity contribution in [2.75, 3.05) is 13.7 Å². The van der Waals surface area contributed by atoms with Crippen LogP contribution in [0.15, 0.2) is 24.3 Å². The van der Waals surface area contributed by atoms with Gasteiger partial charge in [0.25, 0.3) is 0 Å². The standard InChI is InChI=1S/C21H30N2O2/c1-25-20-7-3-2-5-16(20)14-19-6-4-10-23(19)21(24)13-15-11-17-8-9-18(12-15)22-17/h2-3,5,7,15,17-19,22H,4,6,8-14H2,1H3. The molecular formula is C21H30N2O2. The second kappa shape index (κ2) is 7.36. The fourth-order valence-electron chi connectivity index (χ4n) is 5.21. The Kier molecular flexibility index (Phi) is 4.98. The van der Waals surface area contributed by atoms with E-state index in [0.717, 1.165) is 38.0 Å². The Balaban J connectivity index is 1.38. The zero-order valence-electron chi connectivity index (χ0n) is 15.2. The molecule has 0 aliphatic carbocycles. The zero-order valence-corrected chi connectivity index (χ0v) is 15.2. The second-order valence-electron chi connectivity index (χ2n) is 8.08. The van der Waals surface area contributed by atoms with Crippen molar-refractivity contribution in [3.05, 3.63) is 29.8 Å². The molecular weight excluding hydrogens is 312 g/mol. The van der Waals surface area contributed by atoms with Crippen LogP contribution in [0.2, 0.25) is 0 Å². The molecule has 0 aromatic heterocycles. The summed E-state index contributed by atoms with van der Waals surface area (Å²) in [6.45, 7) is 0.927. The van der Waals surface area contributed by atoms with E-state index >= 15 is 0 Å². The lowest BCUT2D eigenvalue weighted by Gasteiger charge is -2.31. The van der Waals surface area contributed by atoms with E-state index in [1.54, 1.807) is 7.11 Å². The monoisotopic (exact) mass is 342 g/mol.